The van der Waals surface area contributed by atoms with Crippen LogP contribution in [0.5, 0.6) is 0 Å². The molecule has 1 saturated carbocycles. The highest BCUT2D eigenvalue weighted by molar-refractivity contribution is 5.92. The minimum Gasteiger partial charge on any atom is -0.399 e. The molecule has 92 valence electrons. The predicted molar refractivity (Wildman–Crippen MR) is 63.0 cm³/mol. The van der Waals surface area contributed by atoms with Crippen LogP contribution in [-0.2, 0) is 9.53 Å². The summed E-state index contributed by atoms with van der Waals surface area (Å²) in [6.45, 7) is -0.0428. The number of ether oxygens (including phenoxy) is 1. The van der Waals surface area contributed by atoms with Crippen molar-refractivity contribution in [2.75, 3.05) is 17.7 Å². The van der Waals surface area contributed by atoms with E-state index in [1.807, 2.05) is 0 Å². The Balaban J connectivity index is 1.86. The number of hydrogen-bond acceptors (Lipinski definition) is 3. The van der Waals surface area contributed by atoms with Crippen LogP contribution in [0, 0.1) is 5.82 Å². The Kier molecular flexibility index (Phi) is 3.58. The second-order valence-corrected chi connectivity index (χ2v) is 4.15. The summed E-state index contributed by atoms with van der Waals surface area (Å²) in [6.07, 6.45) is 3.34. The van der Waals surface area contributed by atoms with E-state index < -0.39 is 5.82 Å². The lowest BCUT2D eigenvalue weighted by Crippen LogP contribution is -2.27. The van der Waals surface area contributed by atoms with E-state index in [4.69, 9.17) is 10.5 Å². The first kappa shape index (κ1) is 11.9. The van der Waals surface area contributed by atoms with Gasteiger partial charge in [0.1, 0.15) is 12.4 Å². The van der Waals surface area contributed by atoms with E-state index >= 15 is 0 Å². The molecule has 1 aromatic rings. The molecule has 0 atom stereocenters. The van der Waals surface area contributed by atoms with Gasteiger partial charge in [-0.15, -0.1) is 0 Å². The molecule has 2 rings (SSSR count). The van der Waals surface area contributed by atoms with Crippen LogP contribution < -0.4 is 11.1 Å². The lowest BCUT2D eigenvalue weighted by Gasteiger charge is -2.25. The molecule has 0 bridgehead atoms. The van der Waals surface area contributed by atoms with E-state index in [0.717, 1.165) is 19.3 Å². The van der Waals surface area contributed by atoms with Crippen molar-refractivity contribution in [3.63, 3.8) is 0 Å². The Hall–Kier alpha value is -1.62. The van der Waals surface area contributed by atoms with Gasteiger partial charge in [0, 0.05) is 5.69 Å². The lowest BCUT2D eigenvalue weighted by atomic mass is 9.96. The summed E-state index contributed by atoms with van der Waals surface area (Å²) in [4.78, 5) is 11.5. The summed E-state index contributed by atoms with van der Waals surface area (Å²) in [5.74, 6) is -0.863. The predicted octanol–water partition coefficient (Wildman–Crippen LogP) is 1.92. The molecule has 0 spiro atoms. The number of halogens is 1. The Bertz CT molecular complexity index is 419. The first-order valence-corrected chi connectivity index (χ1v) is 5.61. The van der Waals surface area contributed by atoms with Crippen molar-refractivity contribution in [3.05, 3.63) is 24.0 Å². The third kappa shape index (κ3) is 3.17. The highest BCUT2D eigenvalue weighted by Crippen LogP contribution is 2.22. The zero-order chi connectivity index (χ0) is 12.3. The van der Waals surface area contributed by atoms with Gasteiger partial charge >= 0.3 is 0 Å². The summed E-state index contributed by atoms with van der Waals surface area (Å²) in [7, 11) is 0. The van der Waals surface area contributed by atoms with E-state index in [-0.39, 0.29) is 24.3 Å². The fourth-order valence-corrected chi connectivity index (χ4v) is 1.56. The average molecular weight is 238 g/mol. The van der Waals surface area contributed by atoms with Crippen LogP contribution in [0.1, 0.15) is 19.3 Å². The van der Waals surface area contributed by atoms with Crippen LogP contribution in [-0.4, -0.2) is 18.6 Å². The number of nitrogens with two attached hydrogens (primary N) is 1. The summed E-state index contributed by atoms with van der Waals surface area (Å²) in [6, 6.07) is 4.05. The van der Waals surface area contributed by atoms with Crippen molar-refractivity contribution in [1.29, 1.82) is 0 Å². The second-order valence-electron chi connectivity index (χ2n) is 4.15. The molecule has 1 amide bonds. The van der Waals surface area contributed by atoms with E-state index in [1.54, 1.807) is 0 Å². The first-order valence-electron chi connectivity index (χ1n) is 5.61. The third-order valence-electron chi connectivity index (χ3n) is 2.77. The van der Waals surface area contributed by atoms with Crippen LogP contribution >= 0.6 is 0 Å². The minimum absolute atomic E-state index is 0.0428. The molecule has 0 saturated heterocycles. The second kappa shape index (κ2) is 5.14. The molecular formula is C12H15FN2O2. The smallest absolute Gasteiger partial charge is 0.250 e. The first-order chi connectivity index (χ1) is 8.15. The monoisotopic (exact) mass is 238 g/mol. The molecule has 1 aliphatic carbocycles. The van der Waals surface area contributed by atoms with E-state index in [0.29, 0.717) is 5.69 Å². The van der Waals surface area contributed by atoms with Gasteiger partial charge in [0.2, 0.25) is 5.91 Å². The molecule has 3 N–H and O–H groups in total. The van der Waals surface area contributed by atoms with Crippen LogP contribution in [0.25, 0.3) is 0 Å². The average Bonchev–Trinajstić information content (AvgIpc) is 2.21. The molecule has 0 aliphatic heterocycles. The highest BCUT2D eigenvalue weighted by atomic mass is 19.1. The van der Waals surface area contributed by atoms with Crippen LogP contribution in [0.4, 0.5) is 15.8 Å². The number of carbonyl (C=O) groups is 1. The lowest BCUT2D eigenvalue weighted by molar-refractivity contribution is -0.124. The van der Waals surface area contributed by atoms with Crippen molar-refractivity contribution < 1.29 is 13.9 Å². The van der Waals surface area contributed by atoms with Crippen molar-refractivity contribution in [2.45, 2.75) is 25.4 Å². The molecule has 0 aromatic heterocycles. The maximum atomic E-state index is 13.3. The van der Waals surface area contributed by atoms with Gasteiger partial charge in [0.25, 0.3) is 0 Å². The molecule has 0 radical (unpaired) electrons. The SMILES string of the molecule is Nc1ccc(F)c(NC(=O)COC2CCC2)c1. The Labute approximate surface area is 98.9 Å². The topological polar surface area (TPSA) is 64.3 Å². The zero-order valence-corrected chi connectivity index (χ0v) is 9.41. The standard InChI is InChI=1S/C12H15FN2O2/c13-10-5-4-8(14)6-11(10)15-12(16)7-17-9-2-1-3-9/h4-6,9H,1-3,7,14H2,(H,15,16). The molecule has 4 nitrogen and oxygen atoms in total. The largest absolute Gasteiger partial charge is 0.399 e. The normalized spacial score (nSPS) is 15.4. The maximum absolute atomic E-state index is 13.3. The van der Waals surface area contributed by atoms with Gasteiger partial charge in [-0.2, -0.15) is 0 Å². The molecule has 17 heavy (non-hydrogen) atoms. The Morgan fingerprint density at radius 2 is 2.29 bits per heavy atom. The number of nitrogens with one attached hydrogen (secondary N) is 1. The Morgan fingerprint density at radius 1 is 1.53 bits per heavy atom. The van der Waals surface area contributed by atoms with Gasteiger partial charge in [-0.3, -0.25) is 4.79 Å². The van der Waals surface area contributed by atoms with Gasteiger partial charge in [-0.05, 0) is 37.5 Å². The number of benzene rings is 1. The van der Waals surface area contributed by atoms with Gasteiger partial charge in [0.15, 0.2) is 0 Å². The minimum atomic E-state index is -0.504. The molecular weight excluding hydrogens is 223 g/mol. The third-order valence-corrected chi connectivity index (χ3v) is 2.77. The van der Waals surface area contributed by atoms with E-state index in [1.165, 1.54) is 18.2 Å². The highest BCUT2D eigenvalue weighted by Gasteiger charge is 2.19. The zero-order valence-electron chi connectivity index (χ0n) is 9.41. The number of nitrogen functional groups attached to an aromatic ring is 1. The van der Waals surface area contributed by atoms with Crippen molar-refractivity contribution >= 4 is 17.3 Å². The molecule has 0 unspecified atom stereocenters. The number of anilines is 2. The molecule has 1 aliphatic rings. The van der Waals surface area contributed by atoms with Gasteiger partial charge < -0.3 is 15.8 Å². The van der Waals surface area contributed by atoms with Gasteiger partial charge in [0.05, 0.1) is 11.8 Å². The molecule has 5 heteroatoms. The van der Waals surface area contributed by atoms with Crippen molar-refractivity contribution in [2.24, 2.45) is 0 Å². The van der Waals surface area contributed by atoms with Crippen LogP contribution in [0.3, 0.4) is 0 Å². The van der Waals surface area contributed by atoms with Crippen LogP contribution in [0.2, 0.25) is 0 Å². The molecule has 0 heterocycles. The number of hydrogen-bond donors (Lipinski definition) is 2. The van der Waals surface area contributed by atoms with Crippen molar-refractivity contribution in [1.82, 2.24) is 0 Å². The fourth-order valence-electron chi connectivity index (χ4n) is 1.56. The number of rotatable bonds is 4. The van der Waals surface area contributed by atoms with Gasteiger partial charge in [-0.25, -0.2) is 4.39 Å². The Morgan fingerprint density at radius 3 is 2.94 bits per heavy atom. The number of amides is 1. The summed E-state index contributed by atoms with van der Waals surface area (Å²) in [5, 5.41) is 2.44. The molecule has 1 fully saturated rings. The van der Waals surface area contributed by atoms with Crippen LogP contribution in [0.15, 0.2) is 18.2 Å². The molecule has 1 aromatic carbocycles. The summed E-state index contributed by atoms with van der Waals surface area (Å²) in [5.41, 5.74) is 6.00. The fraction of sp³-hybridized carbons (Fsp3) is 0.417. The maximum Gasteiger partial charge on any atom is 0.250 e. The van der Waals surface area contributed by atoms with Crippen molar-refractivity contribution in [3.8, 4) is 0 Å². The summed E-state index contributed by atoms with van der Waals surface area (Å²) < 4.78 is 18.6. The number of carbonyl (C=O) groups excluding carboxylic acids is 1. The van der Waals surface area contributed by atoms with E-state index in [2.05, 4.69) is 5.32 Å². The van der Waals surface area contributed by atoms with E-state index in [9.17, 15) is 9.18 Å². The van der Waals surface area contributed by atoms with Gasteiger partial charge in [-0.1, -0.05) is 0 Å². The summed E-state index contributed by atoms with van der Waals surface area (Å²) >= 11 is 0. The quantitative estimate of drug-likeness (QED) is 0.787.